The molecule has 3 rings (SSSR count). The molecule has 24 heavy (non-hydrogen) atoms. The summed E-state index contributed by atoms with van der Waals surface area (Å²) < 4.78 is 7.43. The van der Waals surface area contributed by atoms with E-state index in [1.54, 1.807) is 16.7 Å². The van der Waals surface area contributed by atoms with Crippen LogP contribution in [0.5, 0.6) is 0 Å². The third kappa shape index (κ3) is 2.95. The maximum Gasteiger partial charge on any atom is 0.433 e. The molecule has 0 spiro atoms. The smallest absolute Gasteiger partial charge is 0.395 e. The molecule has 0 bridgehead atoms. The second kappa shape index (κ2) is 6.39. The first-order chi connectivity index (χ1) is 11.4. The molecule has 0 aliphatic rings. The highest BCUT2D eigenvalue weighted by Gasteiger charge is 2.18. The summed E-state index contributed by atoms with van der Waals surface area (Å²) in [6, 6.07) is 5.68. The second-order valence-electron chi connectivity index (χ2n) is 4.68. The minimum Gasteiger partial charge on any atom is -0.395 e. The van der Waals surface area contributed by atoms with Crippen LogP contribution in [-0.4, -0.2) is 15.4 Å². The van der Waals surface area contributed by atoms with Gasteiger partial charge in [0.25, 0.3) is 0 Å². The summed E-state index contributed by atoms with van der Waals surface area (Å²) in [6.07, 6.45) is 0. The SMILES string of the molecule is CCn1c(=NC(=O)c2ccc([N+](=O)[O-])o2)sc2cc(Cl)cc(Cl)c21. The lowest BCUT2D eigenvalue weighted by Crippen LogP contribution is -2.15. The van der Waals surface area contributed by atoms with Gasteiger partial charge >= 0.3 is 11.8 Å². The van der Waals surface area contributed by atoms with Crippen LogP contribution in [0.3, 0.4) is 0 Å². The van der Waals surface area contributed by atoms with Crippen LogP contribution in [-0.2, 0) is 6.54 Å². The van der Waals surface area contributed by atoms with Gasteiger partial charge in [-0.15, -0.1) is 0 Å². The van der Waals surface area contributed by atoms with Gasteiger partial charge in [0, 0.05) is 11.6 Å². The van der Waals surface area contributed by atoms with Gasteiger partial charge < -0.3 is 8.98 Å². The molecular formula is C14H9Cl2N3O4S. The summed E-state index contributed by atoms with van der Waals surface area (Å²) in [7, 11) is 0. The molecule has 1 aromatic carbocycles. The molecular weight excluding hydrogens is 377 g/mol. The largest absolute Gasteiger partial charge is 0.433 e. The normalized spacial score (nSPS) is 12.0. The molecule has 1 amide bonds. The summed E-state index contributed by atoms with van der Waals surface area (Å²) in [5, 5.41) is 11.6. The van der Waals surface area contributed by atoms with Gasteiger partial charge in [-0.05, 0) is 25.1 Å². The number of carbonyl (C=O) groups is 1. The lowest BCUT2D eigenvalue weighted by molar-refractivity contribution is -0.402. The van der Waals surface area contributed by atoms with Crippen LogP contribution in [0.15, 0.2) is 33.7 Å². The Labute approximate surface area is 148 Å². The van der Waals surface area contributed by atoms with Crippen LogP contribution in [0.4, 0.5) is 5.88 Å². The molecule has 2 aromatic heterocycles. The van der Waals surface area contributed by atoms with E-state index in [9.17, 15) is 14.9 Å². The molecule has 7 nitrogen and oxygen atoms in total. The number of rotatable bonds is 3. The fraction of sp³-hybridized carbons (Fsp3) is 0.143. The average molecular weight is 386 g/mol. The van der Waals surface area contributed by atoms with Crippen molar-refractivity contribution in [2.45, 2.75) is 13.5 Å². The Bertz CT molecular complexity index is 1030. The number of thiazole rings is 1. The van der Waals surface area contributed by atoms with Crippen molar-refractivity contribution in [3.05, 3.63) is 55.0 Å². The molecule has 0 saturated carbocycles. The Morgan fingerprint density at radius 3 is 2.79 bits per heavy atom. The first kappa shape index (κ1) is 16.7. The van der Waals surface area contributed by atoms with Crippen LogP contribution < -0.4 is 4.80 Å². The number of hydrogen-bond donors (Lipinski definition) is 0. The van der Waals surface area contributed by atoms with Crippen molar-refractivity contribution >= 4 is 56.5 Å². The Balaban J connectivity index is 2.13. The topological polar surface area (TPSA) is 90.6 Å². The minimum atomic E-state index is -0.718. The maximum absolute atomic E-state index is 12.2. The first-order valence-corrected chi connectivity index (χ1v) is 8.29. The van der Waals surface area contributed by atoms with Gasteiger partial charge in [-0.2, -0.15) is 4.99 Å². The number of aromatic nitrogens is 1. The highest BCUT2D eigenvalue weighted by molar-refractivity contribution is 7.16. The Morgan fingerprint density at radius 2 is 2.17 bits per heavy atom. The number of carbonyl (C=O) groups excluding carboxylic acids is 1. The summed E-state index contributed by atoms with van der Waals surface area (Å²) in [5.74, 6) is -1.42. The molecule has 124 valence electrons. The van der Waals surface area contributed by atoms with Gasteiger partial charge in [0.15, 0.2) is 4.80 Å². The molecule has 0 N–H and O–H groups in total. The monoisotopic (exact) mass is 385 g/mol. The number of aryl methyl sites for hydroxylation is 1. The maximum atomic E-state index is 12.2. The highest BCUT2D eigenvalue weighted by atomic mass is 35.5. The van der Waals surface area contributed by atoms with Crippen LogP contribution in [0.2, 0.25) is 10.0 Å². The Kier molecular flexibility index (Phi) is 4.44. The summed E-state index contributed by atoms with van der Waals surface area (Å²) in [6.45, 7) is 2.42. The quantitative estimate of drug-likeness (QED) is 0.497. The van der Waals surface area contributed by atoms with E-state index in [2.05, 4.69) is 4.99 Å². The zero-order chi connectivity index (χ0) is 17.4. The number of halogens is 2. The Morgan fingerprint density at radius 1 is 1.42 bits per heavy atom. The number of fused-ring (bicyclic) bond motifs is 1. The van der Waals surface area contributed by atoms with E-state index in [1.165, 1.54) is 17.4 Å². The molecule has 3 aromatic rings. The van der Waals surface area contributed by atoms with Crippen molar-refractivity contribution < 1.29 is 14.1 Å². The number of furan rings is 1. The fourth-order valence-corrected chi connectivity index (χ4v) is 4.07. The number of hydrogen-bond acceptors (Lipinski definition) is 5. The zero-order valence-corrected chi connectivity index (χ0v) is 14.5. The molecule has 0 saturated heterocycles. The van der Waals surface area contributed by atoms with Crippen LogP contribution in [0.1, 0.15) is 17.5 Å². The molecule has 2 heterocycles. The lowest BCUT2D eigenvalue weighted by Gasteiger charge is -2.02. The predicted molar refractivity (Wildman–Crippen MR) is 90.8 cm³/mol. The van der Waals surface area contributed by atoms with Gasteiger partial charge in [-0.1, -0.05) is 34.5 Å². The molecule has 0 radical (unpaired) electrons. The third-order valence-electron chi connectivity index (χ3n) is 3.19. The van der Waals surface area contributed by atoms with E-state index < -0.39 is 16.7 Å². The van der Waals surface area contributed by atoms with E-state index in [-0.39, 0.29) is 5.76 Å². The summed E-state index contributed by atoms with van der Waals surface area (Å²) in [4.78, 5) is 26.5. The van der Waals surface area contributed by atoms with E-state index >= 15 is 0 Å². The van der Waals surface area contributed by atoms with Crippen molar-refractivity contribution in [3.63, 3.8) is 0 Å². The fourth-order valence-electron chi connectivity index (χ4n) is 2.19. The van der Waals surface area contributed by atoms with E-state index in [0.29, 0.717) is 21.4 Å². The van der Waals surface area contributed by atoms with Crippen molar-refractivity contribution in [1.82, 2.24) is 4.57 Å². The van der Waals surface area contributed by atoms with Gasteiger partial charge in [0.1, 0.15) is 4.92 Å². The summed E-state index contributed by atoms with van der Waals surface area (Å²) >= 11 is 13.5. The standard InChI is InChI=1S/C14H9Cl2N3O4S/c1-2-18-12-8(16)5-7(15)6-10(12)24-14(18)17-13(20)9-3-4-11(23-9)19(21)22/h3-6H,2H2,1H3. The molecule has 0 aliphatic carbocycles. The molecule has 0 fully saturated rings. The van der Waals surface area contributed by atoms with E-state index in [1.807, 2.05) is 6.92 Å². The van der Waals surface area contributed by atoms with Gasteiger partial charge in [0.05, 0.1) is 21.3 Å². The predicted octanol–water partition coefficient (Wildman–Crippen LogP) is 4.27. The average Bonchev–Trinajstić information content (AvgIpc) is 3.11. The second-order valence-corrected chi connectivity index (χ2v) is 6.53. The highest BCUT2D eigenvalue weighted by Crippen LogP contribution is 2.29. The van der Waals surface area contributed by atoms with Crippen molar-refractivity contribution in [1.29, 1.82) is 0 Å². The lowest BCUT2D eigenvalue weighted by atomic mass is 10.3. The number of nitrogens with zero attached hydrogens (tertiary/aromatic N) is 3. The zero-order valence-electron chi connectivity index (χ0n) is 12.2. The van der Waals surface area contributed by atoms with Crippen molar-refractivity contribution in [2.75, 3.05) is 0 Å². The number of benzene rings is 1. The van der Waals surface area contributed by atoms with E-state index in [0.717, 1.165) is 16.3 Å². The minimum absolute atomic E-state index is 0.203. The summed E-state index contributed by atoms with van der Waals surface area (Å²) in [5.41, 5.74) is 0.727. The van der Waals surface area contributed by atoms with E-state index in [4.69, 9.17) is 27.6 Å². The molecule has 10 heteroatoms. The van der Waals surface area contributed by atoms with Crippen LogP contribution in [0, 0.1) is 10.1 Å². The third-order valence-corrected chi connectivity index (χ3v) is 4.72. The van der Waals surface area contributed by atoms with Gasteiger partial charge in [0.2, 0.25) is 5.76 Å². The number of amides is 1. The molecule has 0 unspecified atom stereocenters. The number of nitro groups is 1. The van der Waals surface area contributed by atoms with Crippen LogP contribution in [0.25, 0.3) is 10.2 Å². The van der Waals surface area contributed by atoms with Gasteiger partial charge in [-0.25, -0.2) is 0 Å². The van der Waals surface area contributed by atoms with Crippen LogP contribution >= 0.6 is 34.5 Å². The first-order valence-electron chi connectivity index (χ1n) is 6.72. The van der Waals surface area contributed by atoms with Crippen molar-refractivity contribution in [3.8, 4) is 0 Å². The Hall–Kier alpha value is -2.16. The van der Waals surface area contributed by atoms with Gasteiger partial charge in [-0.3, -0.25) is 14.9 Å². The molecule has 0 aliphatic heterocycles. The van der Waals surface area contributed by atoms with Crippen molar-refractivity contribution in [2.24, 2.45) is 4.99 Å². The molecule has 0 atom stereocenters.